The summed E-state index contributed by atoms with van der Waals surface area (Å²) in [6.45, 7) is 0. The van der Waals surface area contributed by atoms with Gasteiger partial charge in [0.2, 0.25) is 5.91 Å². The maximum Gasteiger partial charge on any atom is 0.248 e. The maximum absolute atomic E-state index is 11.1. The van der Waals surface area contributed by atoms with Gasteiger partial charge in [0.1, 0.15) is 0 Å². The molecule has 0 bridgehead atoms. The predicted molar refractivity (Wildman–Crippen MR) is 65.6 cm³/mol. The highest BCUT2D eigenvalue weighted by atomic mass is 16.1. The van der Waals surface area contributed by atoms with Crippen molar-refractivity contribution in [2.75, 3.05) is 0 Å². The molecule has 1 aromatic heterocycles. The number of fused-ring (bicyclic) bond motifs is 2. The minimum Gasteiger partial charge on any atom is -0.366 e. The summed E-state index contributed by atoms with van der Waals surface area (Å²) < 4.78 is 0. The topological polar surface area (TPSA) is 68.9 Å². The van der Waals surface area contributed by atoms with Crippen molar-refractivity contribution in [1.29, 1.82) is 0 Å². The van der Waals surface area contributed by atoms with E-state index in [0.29, 0.717) is 11.1 Å². The fourth-order valence-electron chi connectivity index (χ4n) is 1.77. The molecule has 1 amide bonds. The Morgan fingerprint density at radius 3 is 2.12 bits per heavy atom. The van der Waals surface area contributed by atoms with Crippen LogP contribution in [0.1, 0.15) is 10.4 Å². The number of nitrogens with two attached hydrogens (primary N) is 1. The first kappa shape index (κ1) is 9.72. The van der Waals surface area contributed by atoms with Gasteiger partial charge in [-0.3, -0.25) is 4.79 Å². The molecule has 0 saturated heterocycles. The lowest BCUT2D eigenvalue weighted by molar-refractivity contribution is 0.100. The van der Waals surface area contributed by atoms with E-state index in [0.717, 1.165) is 16.6 Å². The van der Waals surface area contributed by atoms with Crippen LogP contribution in [0, 0.1) is 0 Å². The average Bonchev–Trinajstić information content (AvgIpc) is 2.35. The number of amides is 1. The van der Waals surface area contributed by atoms with Crippen LogP contribution in [0.2, 0.25) is 0 Å². The quantitative estimate of drug-likeness (QED) is 0.640. The third kappa shape index (κ3) is 1.59. The van der Waals surface area contributed by atoms with Gasteiger partial charge >= 0.3 is 0 Å². The Bertz CT molecular complexity index is 737. The summed E-state index contributed by atoms with van der Waals surface area (Å²) in [5, 5.41) is 0. The van der Waals surface area contributed by atoms with E-state index in [1.54, 1.807) is 18.2 Å². The highest BCUT2D eigenvalue weighted by Crippen LogP contribution is 2.16. The highest BCUT2D eigenvalue weighted by molar-refractivity contribution is 5.97. The van der Waals surface area contributed by atoms with Gasteiger partial charge in [0, 0.05) is 5.56 Å². The van der Waals surface area contributed by atoms with Gasteiger partial charge in [-0.2, -0.15) is 0 Å². The van der Waals surface area contributed by atoms with Crippen molar-refractivity contribution in [3.8, 4) is 0 Å². The Morgan fingerprint density at radius 1 is 0.882 bits per heavy atom. The zero-order chi connectivity index (χ0) is 11.8. The molecule has 4 nitrogen and oxygen atoms in total. The van der Waals surface area contributed by atoms with Crippen LogP contribution in [-0.4, -0.2) is 15.9 Å². The summed E-state index contributed by atoms with van der Waals surface area (Å²) in [5.41, 5.74) is 8.76. The van der Waals surface area contributed by atoms with Crippen molar-refractivity contribution >= 4 is 28.0 Å². The number of primary amides is 1. The van der Waals surface area contributed by atoms with Crippen LogP contribution in [0.4, 0.5) is 0 Å². The number of aromatic nitrogens is 2. The van der Waals surface area contributed by atoms with Crippen LogP contribution >= 0.6 is 0 Å². The van der Waals surface area contributed by atoms with Crippen LogP contribution in [0.25, 0.3) is 22.1 Å². The zero-order valence-electron chi connectivity index (χ0n) is 8.92. The summed E-state index contributed by atoms with van der Waals surface area (Å²) in [6.07, 6.45) is 0. The first-order valence-electron chi connectivity index (χ1n) is 5.20. The molecule has 0 fully saturated rings. The number of benzene rings is 2. The highest BCUT2D eigenvalue weighted by Gasteiger charge is 2.04. The van der Waals surface area contributed by atoms with Crippen molar-refractivity contribution in [2.45, 2.75) is 0 Å². The minimum atomic E-state index is -0.457. The molecule has 0 aliphatic rings. The molecule has 0 spiro atoms. The number of hydrogen-bond acceptors (Lipinski definition) is 3. The Balaban J connectivity index is 2.36. The second-order valence-corrected chi connectivity index (χ2v) is 3.78. The van der Waals surface area contributed by atoms with Crippen LogP contribution in [-0.2, 0) is 0 Å². The van der Waals surface area contributed by atoms with Gasteiger partial charge in [-0.1, -0.05) is 12.1 Å². The van der Waals surface area contributed by atoms with Crippen molar-refractivity contribution in [1.82, 2.24) is 9.97 Å². The van der Waals surface area contributed by atoms with E-state index in [-0.39, 0.29) is 0 Å². The Kier molecular flexibility index (Phi) is 2.01. The number of carbonyl (C=O) groups excluding carboxylic acids is 1. The van der Waals surface area contributed by atoms with Crippen molar-refractivity contribution < 1.29 is 4.79 Å². The molecule has 3 rings (SSSR count). The molecule has 2 aromatic carbocycles. The predicted octanol–water partition coefficient (Wildman–Crippen LogP) is 1.88. The fraction of sp³-hybridized carbons (Fsp3) is 0. The van der Waals surface area contributed by atoms with E-state index >= 15 is 0 Å². The standard InChI is InChI=1S/C13H9N3O/c14-13(17)8-5-6-11-12(7-8)16-10-4-2-1-3-9(10)15-11/h1-7H,(H2,14,17). The lowest BCUT2D eigenvalue weighted by Gasteiger charge is -2.01. The Morgan fingerprint density at radius 2 is 1.47 bits per heavy atom. The van der Waals surface area contributed by atoms with Gasteiger partial charge in [-0.25, -0.2) is 9.97 Å². The number of para-hydroxylation sites is 2. The first-order valence-corrected chi connectivity index (χ1v) is 5.20. The van der Waals surface area contributed by atoms with Crippen LogP contribution in [0.15, 0.2) is 42.5 Å². The molecule has 0 aliphatic carbocycles. The van der Waals surface area contributed by atoms with Crippen LogP contribution in [0.5, 0.6) is 0 Å². The molecule has 0 unspecified atom stereocenters. The van der Waals surface area contributed by atoms with Crippen molar-refractivity contribution in [2.24, 2.45) is 5.73 Å². The molecule has 82 valence electrons. The van der Waals surface area contributed by atoms with Gasteiger partial charge in [0.15, 0.2) is 0 Å². The van der Waals surface area contributed by atoms with Gasteiger partial charge < -0.3 is 5.73 Å². The van der Waals surface area contributed by atoms with E-state index in [4.69, 9.17) is 5.73 Å². The zero-order valence-corrected chi connectivity index (χ0v) is 8.92. The molecular weight excluding hydrogens is 214 g/mol. The van der Waals surface area contributed by atoms with Crippen molar-refractivity contribution in [3.63, 3.8) is 0 Å². The normalized spacial score (nSPS) is 10.8. The molecule has 4 heteroatoms. The average molecular weight is 223 g/mol. The molecule has 2 N–H and O–H groups in total. The van der Waals surface area contributed by atoms with E-state index in [9.17, 15) is 4.79 Å². The van der Waals surface area contributed by atoms with Crippen LogP contribution < -0.4 is 5.73 Å². The van der Waals surface area contributed by atoms with E-state index in [1.165, 1.54) is 0 Å². The Hall–Kier alpha value is -2.49. The largest absolute Gasteiger partial charge is 0.366 e. The Labute approximate surface area is 97.1 Å². The summed E-state index contributed by atoms with van der Waals surface area (Å²) in [6, 6.07) is 12.7. The summed E-state index contributed by atoms with van der Waals surface area (Å²) in [4.78, 5) is 20.0. The molecule has 3 aromatic rings. The molecule has 0 aliphatic heterocycles. The second-order valence-electron chi connectivity index (χ2n) is 3.78. The molecular formula is C13H9N3O. The molecule has 0 radical (unpaired) electrons. The number of carbonyl (C=O) groups is 1. The molecule has 0 saturated carbocycles. The van der Waals surface area contributed by atoms with E-state index in [1.807, 2.05) is 24.3 Å². The molecule has 1 heterocycles. The number of hydrogen-bond donors (Lipinski definition) is 1. The fourth-order valence-corrected chi connectivity index (χ4v) is 1.77. The molecule has 0 atom stereocenters. The van der Waals surface area contributed by atoms with Gasteiger partial charge in [-0.15, -0.1) is 0 Å². The van der Waals surface area contributed by atoms with Gasteiger partial charge in [0.05, 0.1) is 22.1 Å². The lowest BCUT2D eigenvalue weighted by Crippen LogP contribution is -2.10. The monoisotopic (exact) mass is 223 g/mol. The van der Waals surface area contributed by atoms with Crippen molar-refractivity contribution in [3.05, 3.63) is 48.0 Å². The lowest BCUT2D eigenvalue weighted by atomic mass is 10.2. The maximum atomic E-state index is 11.1. The minimum absolute atomic E-state index is 0.446. The number of rotatable bonds is 1. The third-order valence-corrected chi connectivity index (χ3v) is 2.62. The number of nitrogens with zero attached hydrogens (tertiary/aromatic N) is 2. The van der Waals surface area contributed by atoms with E-state index < -0.39 is 5.91 Å². The van der Waals surface area contributed by atoms with Gasteiger partial charge in [0.25, 0.3) is 0 Å². The first-order chi connectivity index (χ1) is 8.24. The second kappa shape index (κ2) is 3.52. The summed E-state index contributed by atoms with van der Waals surface area (Å²) >= 11 is 0. The van der Waals surface area contributed by atoms with Gasteiger partial charge in [-0.05, 0) is 30.3 Å². The van der Waals surface area contributed by atoms with E-state index in [2.05, 4.69) is 9.97 Å². The molecule has 17 heavy (non-hydrogen) atoms. The summed E-state index contributed by atoms with van der Waals surface area (Å²) in [7, 11) is 0. The third-order valence-electron chi connectivity index (χ3n) is 2.62. The smallest absolute Gasteiger partial charge is 0.248 e. The SMILES string of the molecule is NC(=O)c1ccc2nc3ccccc3nc2c1. The van der Waals surface area contributed by atoms with Crippen LogP contribution in [0.3, 0.4) is 0 Å². The summed E-state index contributed by atoms with van der Waals surface area (Å²) in [5.74, 6) is -0.457.